The molecule has 0 radical (unpaired) electrons. The van der Waals surface area contributed by atoms with Crippen LogP contribution in [0.15, 0.2) is 65.9 Å². The molecule has 2 aliphatic heterocycles. The van der Waals surface area contributed by atoms with Crippen LogP contribution >= 0.6 is 11.8 Å². The third-order valence-corrected chi connectivity index (χ3v) is 7.83. The van der Waals surface area contributed by atoms with Crippen LogP contribution in [0.3, 0.4) is 0 Å². The highest BCUT2D eigenvalue weighted by atomic mass is 32.2. The number of para-hydroxylation sites is 1. The lowest BCUT2D eigenvalue weighted by molar-refractivity contribution is -0.385. The number of hydrogen-bond acceptors (Lipinski definition) is 11. The number of benzene rings is 2. The zero-order chi connectivity index (χ0) is 31.1. The van der Waals surface area contributed by atoms with E-state index >= 15 is 0 Å². The van der Waals surface area contributed by atoms with E-state index in [0.29, 0.717) is 0 Å². The van der Waals surface area contributed by atoms with E-state index in [9.17, 15) is 39.2 Å². The van der Waals surface area contributed by atoms with Gasteiger partial charge < -0.3 is 19.9 Å². The number of ether oxygens (including phenoxy) is 2. The van der Waals surface area contributed by atoms with Gasteiger partial charge in [0.15, 0.2) is 0 Å². The first kappa shape index (κ1) is 31.0. The number of esters is 1. The number of fused-ring (bicyclic) bond motifs is 1. The molecule has 1 saturated heterocycles. The Morgan fingerprint density at radius 3 is 2.47 bits per heavy atom. The number of hydrogen-bond donors (Lipinski definition) is 4. The lowest BCUT2D eigenvalue weighted by atomic mass is 10.0. The first-order chi connectivity index (χ1) is 20.6. The lowest BCUT2D eigenvalue weighted by Crippen LogP contribution is -2.72. The van der Waals surface area contributed by atoms with E-state index in [0.717, 1.165) is 10.5 Å². The Morgan fingerprint density at radius 2 is 1.79 bits per heavy atom. The minimum atomic E-state index is -1.36. The second kappa shape index (κ2) is 13.8. The van der Waals surface area contributed by atoms with Crippen LogP contribution in [0.2, 0.25) is 0 Å². The first-order valence-electron chi connectivity index (χ1n) is 12.8. The molecule has 0 aromatic heterocycles. The Kier molecular flexibility index (Phi) is 9.95. The van der Waals surface area contributed by atoms with Crippen LogP contribution in [0.5, 0.6) is 0 Å². The topological polar surface area (TPSA) is 207 Å². The molecule has 43 heavy (non-hydrogen) atoms. The van der Waals surface area contributed by atoms with Crippen LogP contribution in [0.1, 0.15) is 18.1 Å². The molecule has 3 amide bonds. The average Bonchev–Trinajstić information content (AvgIpc) is 2.99. The SMILES string of the molecule is CC(=O)OCC1=C(C(=O)O)N2C(=O)[C@@H](NC(=O)[C@@H](Cc3ccccc3)NNC(=O)OCc3ccccc3[N+](=O)[O-])[C@H]2SC1. The predicted octanol–water partition coefficient (Wildman–Crippen LogP) is 1.24. The van der Waals surface area contributed by atoms with Gasteiger partial charge >= 0.3 is 18.0 Å². The third kappa shape index (κ3) is 7.47. The van der Waals surface area contributed by atoms with Gasteiger partial charge in [0.05, 0.1) is 10.5 Å². The van der Waals surface area contributed by atoms with Crippen molar-refractivity contribution in [3.8, 4) is 0 Å². The summed E-state index contributed by atoms with van der Waals surface area (Å²) in [4.78, 5) is 73.5. The van der Waals surface area contributed by atoms with Crippen LogP contribution in [-0.2, 0) is 41.7 Å². The molecule has 4 rings (SSSR count). The summed E-state index contributed by atoms with van der Waals surface area (Å²) in [5.41, 5.74) is 5.50. The molecule has 0 saturated carbocycles. The summed E-state index contributed by atoms with van der Waals surface area (Å²) in [6, 6.07) is 12.5. The molecule has 2 aliphatic rings. The van der Waals surface area contributed by atoms with Gasteiger partial charge in [-0.2, -0.15) is 0 Å². The lowest BCUT2D eigenvalue weighted by Gasteiger charge is -2.49. The quantitative estimate of drug-likeness (QED) is 0.115. The number of hydrazine groups is 1. The fraction of sp³-hybridized carbons (Fsp3) is 0.296. The molecule has 15 nitrogen and oxygen atoms in total. The summed E-state index contributed by atoms with van der Waals surface area (Å²) >= 11 is 1.21. The van der Waals surface area contributed by atoms with Gasteiger partial charge in [0.2, 0.25) is 5.91 Å². The zero-order valence-electron chi connectivity index (χ0n) is 22.7. The number of carbonyl (C=O) groups excluding carboxylic acids is 4. The minimum Gasteiger partial charge on any atom is -0.477 e. The molecule has 2 heterocycles. The van der Waals surface area contributed by atoms with E-state index in [4.69, 9.17) is 9.47 Å². The number of carboxylic acids is 1. The number of amides is 3. The molecule has 4 N–H and O–H groups in total. The summed E-state index contributed by atoms with van der Waals surface area (Å²) in [6.45, 7) is 0.508. The largest absolute Gasteiger partial charge is 0.477 e. The van der Waals surface area contributed by atoms with Crippen molar-refractivity contribution in [3.63, 3.8) is 0 Å². The standard InChI is InChI=1S/C27H27N5O10S/c1-15(33)41-13-18-14-43-25-21(24(35)31(25)22(18)26(36)37)28-23(34)19(11-16-7-3-2-4-8-16)29-30-27(38)42-12-17-9-5-6-10-20(17)32(39)40/h2-10,19,21,25,29H,11-14H2,1H3,(H,28,34)(H,30,38)(H,36,37)/t19-,21-,25-/m1/s1. The Balaban J connectivity index is 1.41. The van der Waals surface area contributed by atoms with Gasteiger partial charge in [-0.3, -0.25) is 34.8 Å². The maximum atomic E-state index is 13.3. The van der Waals surface area contributed by atoms with Gasteiger partial charge in [-0.15, -0.1) is 11.8 Å². The average molecular weight is 614 g/mol. The summed E-state index contributed by atoms with van der Waals surface area (Å²) in [5.74, 6) is -3.11. The van der Waals surface area contributed by atoms with Crippen molar-refractivity contribution in [2.45, 2.75) is 37.4 Å². The predicted molar refractivity (Wildman–Crippen MR) is 150 cm³/mol. The fourth-order valence-corrected chi connectivity index (χ4v) is 5.76. The van der Waals surface area contributed by atoms with Crippen LogP contribution in [-0.4, -0.2) is 74.6 Å². The van der Waals surface area contributed by atoms with E-state index in [2.05, 4.69) is 16.2 Å². The van der Waals surface area contributed by atoms with Crippen LogP contribution in [0, 0.1) is 10.1 Å². The fourth-order valence-electron chi connectivity index (χ4n) is 4.43. The number of aliphatic carboxylic acids is 1. The molecule has 0 bridgehead atoms. The van der Waals surface area contributed by atoms with E-state index in [1.807, 2.05) is 0 Å². The van der Waals surface area contributed by atoms with Crippen molar-refractivity contribution in [2.24, 2.45) is 0 Å². The Morgan fingerprint density at radius 1 is 1.09 bits per heavy atom. The molecular weight excluding hydrogens is 586 g/mol. The Bertz CT molecular complexity index is 1470. The molecule has 2 aromatic rings. The van der Waals surface area contributed by atoms with Crippen LogP contribution in [0.4, 0.5) is 10.5 Å². The van der Waals surface area contributed by atoms with Gasteiger partial charge in [0.1, 0.15) is 36.4 Å². The van der Waals surface area contributed by atoms with Gasteiger partial charge in [-0.05, 0) is 18.1 Å². The number of thioether (sulfide) groups is 1. The Hall–Kier alpha value is -4.96. The molecule has 3 atom stereocenters. The van der Waals surface area contributed by atoms with Gasteiger partial charge in [0, 0.05) is 24.3 Å². The molecule has 0 unspecified atom stereocenters. The van der Waals surface area contributed by atoms with Gasteiger partial charge in [-0.25, -0.2) is 15.0 Å². The summed E-state index contributed by atoms with van der Waals surface area (Å²) in [7, 11) is 0. The zero-order valence-corrected chi connectivity index (χ0v) is 23.5. The molecule has 2 aromatic carbocycles. The number of carbonyl (C=O) groups is 5. The molecule has 0 aliphatic carbocycles. The number of rotatable bonds is 12. The third-order valence-electron chi connectivity index (χ3n) is 6.49. The van der Waals surface area contributed by atoms with Gasteiger partial charge in [-0.1, -0.05) is 42.5 Å². The van der Waals surface area contributed by atoms with Crippen molar-refractivity contribution < 1.29 is 43.5 Å². The van der Waals surface area contributed by atoms with E-state index < -0.39 is 58.8 Å². The van der Waals surface area contributed by atoms with E-state index in [-0.39, 0.29) is 41.3 Å². The summed E-state index contributed by atoms with van der Waals surface area (Å²) in [5, 5.41) is 22.8. The number of nitro groups is 1. The normalized spacial score (nSPS) is 18.1. The highest BCUT2D eigenvalue weighted by molar-refractivity contribution is 8.00. The number of nitro benzene ring substituents is 1. The van der Waals surface area contributed by atoms with Crippen molar-refractivity contribution >= 4 is 47.3 Å². The van der Waals surface area contributed by atoms with Crippen molar-refractivity contribution in [1.82, 2.24) is 21.1 Å². The van der Waals surface area contributed by atoms with E-state index in [1.54, 1.807) is 36.4 Å². The number of nitrogens with one attached hydrogen (secondary N) is 3. The number of carboxylic acid groups (broad SMARTS) is 1. The monoisotopic (exact) mass is 613 g/mol. The highest BCUT2D eigenvalue weighted by Gasteiger charge is 2.54. The second-order valence-corrected chi connectivity index (χ2v) is 10.5. The second-order valence-electron chi connectivity index (χ2n) is 9.41. The molecular formula is C27H27N5O10S. The molecule has 16 heteroatoms. The van der Waals surface area contributed by atoms with Crippen LogP contribution < -0.4 is 16.2 Å². The number of nitrogens with zero attached hydrogens (tertiary/aromatic N) is 2. The first-order valence-corrected chi connectivity index (χ1v) is 13.9. The minimum absolute atomic E-state index is 0.0896. The maximum absolute atomic E-state index is 13.3. The maximum Gasteiger partial charge on any atom is 0.421 e. The van der Waals surface area contributed by atoms with Crippen molar-refractivity contribution in [2.75, 3.05) is 12.4 Å². The highest BCUT2D eigenvalue weighted by Crippen LogP contribution is 2.40. The Labute approximate surface area is 248 Å². The smallest absolute Gasteiger partial charge is 0.421 e. The van der Waals surface area contributed by atoms with Crippen LogP contribution in [0.25, 0.3) is 0 Å². The molecule has 226 valence electrons. The number of β-lactam (4-membered cyclic amide) rings is 1. The molecule has 1 fully saturated rings. The summed E-state index contributed by atoms with van der Waals surface area (Å²) in [6.07, 6.45) is -0.916. The van der Waals surface area contributed by atoms with Gasteiger partial charge in [0.25, 0.3) is 11.6 Å². The van der Waals surface area contributed by atoms with Crippen molar-refractivity contribution in [3.05, 3.63) is 87.1 Å². The molecule has 0 spiro atoms. The van der Waals surface area contributed by atoms with Crippen molar-refractivity contribution in [1.29, 1.82) is 0 Å². The summed E-state index contributed by atoms with van der Waals surface area (Å²) < 4.78 is 10.00. The van der Waals surface area contributed by atoms with E-state index in [1.165, 1.54) is 36.9 Å².